The fourth-order valence-corrected chi connectivity index (χ4v) is 0.979. The standard InChI is InChI=1S/C10H21NO2/c1-7(2)13-10(12)8(3)5-6-9(4)11/h7-9H,5-6,11H2,1-4H3/t8-,9?/m1/s1. The number of hydrogen-bond donors (Lipinski definition) is 1. The molecule has 13 heavy (non-hydrogen) atoms. The van der Waals surface area contributed by atoms with Gasteiger partial charge in [-0.25, -0.2) is 0 Å². The molecule has 0 bridgehead atoms. The first-order valence-electron chi connectivity index (χ1n) is 4.89. The molecule has 2 atom stereocenters. The van der Waals surface area contributed by atoms with Crippen molar-refractivity contribution in [3.05, 3.63) is 0 Å². The number of rotatable bonds is 5. The SMILES string of the molecule is CC(N)CC[C@@H](C)C(=O)OC(C)C. The molecule has 3 heteroatoms. The highest BCUT2D eigenvalue weighted by Crippen LogP contribution is 2.10. The largest absolute Gasteiger partial charge is 0.463 e. The first kappa shape index (κ1) is 12.4. The zero-order chi connectivity index (χ0) is 10.4. The topological polar surface area (TPSA) is 52.3 Å². The Kier molecular flexibility index (Phi) is 5.71. The maximum atomic E-state index is 11.3. The molecule has 0 saturated heterocycles. The molecule has 3 nitrogen and oxygen atoms in total. The number of esters is 1. The minimum absolute atomic E-state index is 0.0229. The van der Waals surface area contributed by atoms with Crippen molar-refractivity contribution in [1.29, 1.82) is 0 Å². The van der Waals surface area contributed by atoms with Gasteiger partial charge in [0.15, 0.2) is 0 Å². The molecular formula is C10H21NO2. The van der Waals surface area contributed by atoms with Gasteiger partial charge in [-0.3, -0.25) is 4.79 Å². The van der Waals surface area contributed by atoms with Gasteiger partial charge in [-0.15, -0.1) is 0 Å². The third-order valence-corrected chi connectivity index (χ3v) is 1.81. The van der Waals surface area contributed by atoms with Gasteiger partial charge < -0.3 is 10.5 Å². The maximum Gasteiger partial charge on any atom is 0.308 e. The average Bonchev–Trinajstić information content (AvgIpc) is 1.98. The quantitative estimate of drug-likeness (QED) is 0.666. The zero-order valence-electron chi connectivity index (χ0n) is 9.04. The van der Waals surface area contributed by atoms with Gasteiger partial charge in [-0.2, -0.15) is 0 Å². The molecule has 0 aromatic heterocycles. The molecule has 0 aromatic rings. The van der Waals surface area contributed by atoms with E-state index >= 15 is 0 Å². The van der Waals surface area contributed by atoms with Crippen molar-refractivity contribution in [2.75, 3.05) is 0 Å². The summed E-state index contributed by atoms with van der Waals surface area (Å²) in [5.41, 5.74) is 5.59. The summed E-state index contributed by atoms with van der Waals surface area (Å²) in [5, 5.41) is 0. The van der Waals surface area contributed by atoms with Crippen molar-refractivity contribution in [2.24, 2.45) is 11.7 Å². The third kappa shape index (κ3) is 6.58. The minimum Gasteiger partial charge on any atom is -0.463 e. The highest BCUT2D eigenvalue weighted by molar-refractivity contribution is 5.72. The minimum atomic E-state index is -0.115. The van der Waals surface area contributed by atoms with E-state index in [1.807, 2.05) is 27.7 Å². The van der Waals surface area contributed by atoms with Crippen LogP contribution in [0.2, 0.25) is 0 Å². The van der Waals surface area contributed by atoms with E-state index in [0.717, 1.165) is 12.8 Å². The summed E-state index contributed by atoms with van der Waals surface area (Å²) in [7, 11) is 0. The van der Waals surface area contributed by atoms with Crippen molar-refractivity contribution in [3.8, 4) is 0 Å². The molecule has 0 amide bonds. The van der Waals surface area contributed by atoms with Gasteiger partial charge >= 0.3 is 5.97 Å². The van der Waals surface area contributed by atoms with E-state index in [-0.39, 0.29) is 24.0 Å². The van der Waals surface area contributed by atoms with Crippen LogP contribution >= 0.6 is 0 Å². The molecule has 0 saturated carbocycles. The normalized spacial score (nSPS) is 15.5. The lowest BCUT2D eigenvalue weighted by Crippen LogP contribution is -2.22. The average molecular weight is 187 g/mol. The second kappa shape index (κ2) is 5.97. The Morgan fingerprint density at radius 3 is 2.15 bits per heavy atom. The third-order valence-electron chi connectivity index (χ3n) is 1.81. The van der Waals surface area contributed by atoms with Crippen LogP contribution in [0.25, 0.3) is 0 Å². The van der Waals surface area contributed by atoms with Gasteiger partial charge in [-0.05, 0) is 33.6 Å². The van der Waals surface area contributed by atoms with Gasteiger partial charge in [-0.1, -0.05) is 6.92 Å². The van der Waals surface area contributed by atoms with Crippen LogP contribution in [0.4, 0.5) is 0 Å². The molecule has 0 spiro atoms. The Hall–Kier alpha value is -0.570. The van der Waals surface area contributed by atoms with E-state index < -0.39 is 0 Å². The molecule has 0 radical (unpaired) electrons. The van der Waals surface area contributed by atoms with Crippen LogP contribution in [0.1, 0.15) is 40.5 Å². The summed E-state index contributed by atoms with van der Waals surface area (Å²) in [6, 6.07) is 0.161. The lowest BCUT2D eigenvalue weighted by atomic mass is 10.0. The van der Waals surface area contributed by atoms with Gasteiger partial charge in [0.2, 0.25) is 0 Å². The van der Waals surface area contributed by atoms with Gasteiger partial charge in [0.05, 0.1) is 12.0 Å². The lowest BCUT2D eigenvalue weighted by Gasteiger charge is -2.14. The molecule has 0 heterocycles. The van der Waals surface area contributed by atoms with E-state index in [4.69, 9.17) is 10.5 Å². The molecule has 0 aromatic carbocycles. The highest BCUT2D eigenvalue weighted by Gasteiger charge is 2.15. The second-order valence-electron chi connectivity index (χ2n) is 3.94. The molecule has 0 rings (SSSR count). The van der Waals surface area contributed by atoms with Crippen LogP contribution < -0.4 is 5.73 Å². The van der Waals surface area contributed by atoms with Gasteiger partial charge in [0.1, 0.15) is 0 Å². The summed E-state index contributed by atoms with van der Waals surface area (Å²) in [6.07, 6.45) is 1.66. The summed E-state index contributed by atoms with van der Waals surface area (Å²) in [4.78, 5) is 11.3. The Bertz CT molecular complexity index is 155. The fraction of sp³-hybridized carbons (Fsp3) is 0.900. The molecular weight excluding hydrogens is 166 g/mol. The molecule has 0 aliphatic heterocycles. The summed E-state index contributed by atoms with van der Waals surface area (Å²) >= 11 is 0. The number of carbonyl (C=O) groups excluding carboxylic acids is 1. The van der Waals surface area contributed by atoms with E-state index in [1.165, 1.54) is 0 Å². The van der Waals surface area contributed by atoms with E-state index in [1.54, 1.807) is 0 Å². The summed E-state index contributed by atoms with van der Waals surface area (Å²) < 4.78 is 5.06. The first-order valence-corrected chi connectivity index (χ1v) is 4.89. The Morgan fingerprint density at radius 2 is 1.77 bits per heavy atom. The summed E-state index contributed by atoms with van der Waals surface area (Å²) in [5.74, 6) is -0.149. The van der Waals surface area contributed by atoms with E-state index in [9.17, 15) is 4.79 Å². The highest BCUT2D eigenvalue weighted by atomic mass is 16.5. The van der Waals surface area contributed by atoms with Gasteiger partial charge in [0, 0.05) is 6.04 Å². The molecule has 1 unspecified atom stereocenters. The van der Waals surface area contributed by atoms with Crippen LogP contribution in [0.5, 0.6) is 0 Å². The predicted octanol–water partition coefficient (Wildman–Crippen LogP) is 1.70. The molecule has 2 N–H and O–H groups in total. The van der Waals surface area contributed by atoms with Gasteiger partial charge in [0.25, 0.3) is 0 Å². The molecule has 0 fully saturated rings. The Balaban J connectivity index is 3.69. The van der Waals surface area contributed by atoms with Crippen molar-refractivity contribution in [1.82, 2.24) is 0 Å². The van der Waals surface area contributed by atoms with E-state index in [2.05, 4.69) is 0 Å². The van der Waals surface area contributed by atoms with Crippen molar-refractivity contribution < 1.29 is 9.53 Å². The van der Waals surface area contributed by atoms with Crippen molar-refractivity contribution in [3.63, 3.8) is 0 Å². The van der Waals surface area contributed by atoms with Crippen LogP contribution in [0.15, 0.2) is 0 Å². The summed E-state index contributed by atoms with van der Waals surface area (Å²) in [6.45, 7) is 7.54. The predicted molar refractivity (Wildman–Crippen MR) is 53.3 cm³/mol. The molecule has 0 aliphatic carbocycles. The van der Waals surface area contributed by atoms with Crippen LogP contribution in [-0.2, 0) is 9.53 Å². The number of nitrogens with two attached hydrogens (primary N) is 1. The Labute approximate surface area is 80.6 Å². The van der Waals surface area contributed by atoms with E-state index in [0.29, 0.717) is 0 Å². The fourth-order valence-electron chi connectivity index (χ4n) is 0.979. The monoisotopic (exact) mass is 187 g/mol. The number of carbonyl (C=O) groups is 1. The first-order chi connectivity index (χ1) is 5.93. The Morgan fingerprint density at radius 1 is 1.23 bits per heavy atom. The van der Waals surface area contributed by atoms with Crippen LogP contribution in [0, 0.1) is 5.92 Å². The lowest BCUT2D eigenvalue weighted by molar-refractivity contribution is -0.152. The molecule has 0 aliphatic rings. The van der Waals surface area contributed by atoms with Crippen LogP contribution in [0.3, 0.4) is 0 Å². The van der Waals surface area contributed by atoms with Crippen molar-refractivity contribution in [2.45, 2.75) is 52.7 Å². The maximum absolute atomic E-state index is 11.3. The molecule has 78 valence electrons. The number of hydrogen-bond acceptors (Lipinski definition) is 3. The number of ether oxygens (including phenoxy) is 1. The van der Waals surface area contributed by atoms with Crippen molar-refractivity contribution >= 4 is 5.97 Å². The zero-order valence-corrected chi connectivity index (χ0v) is 9.04. The second-order valence-corrected chi connectivity index (χ2v) is 3.94. The smallest absolute Gasteiger partial charge is 0.308 e. The van der Waals surface area contributed by atoms with Crippen LogP contribution in [-0.4, -0.2) is 18.1 Å².